The second-order valence-corrected chi connectivity index (χ2v) is 8.11. The number of halogens is 2. The van der Waals surface area contributed by atoms with Crippen LogP contribution in [0.1, 0.15) is 34.2 Å². The maximum absolute atomic E-state index is 13.9. The van der Waals surface area contributed by atoms with E-state index in [0.717, 1.165) is 36.5 Å². The number of aromatic nitrogens is 2. The third-order valence-electron chi connectivity index (χ3n) is 5.98. The molecular weight excluding hydrogens is 426 g/mol. The van der Waals surface area contributed by atoms with Gasteiger partial charge in [-0.1, -0.05) is 19.1 Å². The highest BCUT2D eigenvalue weighted by molar-refractivity contribution is 5.94. The lowest BCUT2D eigenvalue weighted by Crippen LogP contribution is -2.35. The van der Waals surface area contributed by atoms with Crippen LogP contribution in [0.4, 0.5) is 8.78 Å². The van der Waals surface area contributed by atoms with Gasteiger partial charge in [-0.3, -0.25) is 9.69 Å². The first-order valence-electron chi connectivity index (χ1n) is 11.1. The Hall–Kier alpha value is -3.10. The van der Waals surface area contributed by atoms with Crippen LogP contribution in [0.25, 0.3) is 5.69 Å². The van der Waals surface area contributed by atoms with Crippen molar-refractivity contribution in [1.82, 2.24) is 19.6 Å². The lowest BCUT2D eigenvalue weighted by Gasteiger charge is -2.27. The minimum atomic E-state index is -0.459. The molecule has 8 heteroatoms. The first-order chi connectivity index (χ1) is 16.0. The van der Waals surface area contributed by atoms with Gasteiger partial charge in [-0.15, -0.1) is 0 Å². The summed E-state index contributed by atoms with van der Waals surface area (Å²) in [6, 6.07) is 12.0. The molecule has 0 atom stereocenters. The maximum atomic E-state index is 13.9. The van der Waals surface area contributed by atoms with Gasteiger partial charge in [-0.2, -0.15) is 5.10 Å². The Morgan fingerprint density at radius 2 is 1.91 bits per heavy atom. The number of nitrogens with zero attached hydrogens (tertiary/aromatic N) is 4. The van der Waals surface area contributed by atoms with E-state index in [1.54, 1.807) is 28.8 Å². The molecule has 1 aliphatic heterocycles. The van der Waals surface area contributed by atoms with Gasteiger partial charge in [0.25, 0.3) is 5.91 Å². The molecule has 33 heavy (non-hydrogen) atoms. The molecule has 1 aromatic heterocycles. The van der Waals surface area contributed by atoms with Gasteiger partial charge in [0.05, 0.1) is 30.2 Å². The van der Waals surface area contributed by atoms with Crippen LogP contribution < -0.4 is 0 Å². The Morgan fingerprint density at radius 3 is 2.61 bits per heavy atom. The van der Waals surface area contributed by atoms with Crippen LogP contribution in [-0.2, 0) is 24.2 Å². The number of hydrogen-bond acceptors (Lipinski definition) is 4. The van der Waals surface area contributed by atoms with Crippen molar-refractivity contribution in [3.8, 4) is 5.69 Å². The molecule has 3 aromatic rings. The molecule has 0 saturated carbocycles. The van der Waals surface area contributed by atoms with Crippen molar-refractivity contribution in [2.24, 2.45) is 0 Å². The van der Waals surface area contributed by atoms with E-state index in [9.17, 15) is 13.6 Å². The van der Waals surface area contributed by atoms with E-state index in [1.165, 1.54) is 30.3 Å². The predicted molar refractivity (Wildman–Crippen MR) is 121 cm³/mol. The number of ether oxygens (including phenoxy) is 1. The van der Waals surface area contributed by atoms with Gasteiger partial charge >= 0.3 is 0 Å². The lowest BCUT2D eigenvalue weighted by atomic mass is 10.0. The summed E-state index contributed by atoms with van der Waals surface area (Å²) in [5.74, 6) is -1.07. The zero-order valence-electron chi connectivity index (χ0n) is 18.9. The SMILES string of the molecule is CCN1CCc2c(c(CN(CCOC)C(=O)c3cccc(F)c3)nn2-c2cccc(F)c2)C1. The molecule has 174 valence electrons. The second kappa shape index (κ2) is 10.2. The van der Waals surface area contributed by atoms with Gasteiger partial charge in [-0.25, -0.2) is 13.5 Å². The summed E-state index contributed by atoms with van der Waals surface area (Å²) in [4.78, 5) is 17.2. The highest BCUT2D eigenvalue weighted by Crippen LogP contribution is 2.27. The van der Waals surface area contributed by atoms with Crippen molar-refractivity contribution in [3.63, 3.8) is 0 Å². The van der Waals surface area contributed by atoms with E-state index in [2.05, 4.69) is 11.8 Å². The number of carbonyl (C=O) groups excluding carboxylic acids is 1. The molecule has 1 aliphatic rings. The molecule has 1 amide bonds. The summed E-state index contributed by atoms with van der Waals surface area (Å²) in [7, 11) is 1.57. The second-order valence-electron chi connectivity index (χ2n) is 8.11. The smallest absolute Gasteiger partial charge is 0.254 e. The minimum Gasteiger partial charge on any atom is -0.383 e. The number of benzene rings is 2. The molecule has 0 N–H and O–H groups in total. The normalized spacial score (nSPS) is 13.7. The highest BCUT2D eigenvalue weighted by atomic mass is 19.1. The van der Waals surface area contributed by atoms with Gasteiger partial charge in [-0.05, 0) is 42.9 Å². The van der Waals surface area contributed by atoms with Crippen molar-refractivity contribution in [2.75, 3.05) is 33.4 Å². The maximum Gasteiger partial charge on any atom is 0.254 e. The summed E-state index contributed by atoms with van der Waals surface area (Å²) in [5.41, 5.74) is 3.78. The van der Waals surface area contributed by atoms with E-state index in [1.807, 2.05) is 6.07 Å². The van der Waals surface area contributed by atoms with Crippen LogP contribution in [0, 0.1) is 11.6 Å². The monoisotopic (exact) mass is 454 g/mol. The standard InChI is InChI=1S/C25H28F2N4O2/c1-3-29-11-10-24-22(16-29)23(28-31(24)21-9-5-8-20(27)15-21)17-30(12-13-33-2)25(32)18-6-4-7-19(26)14-18/h4-9,14-15H,3,10-13,16-17H2,1-2H3. The van der Waals surface area contributed by atoms with Crippen LogP contribution >= 0.6 is 0 Å². The summed E-state index contributed by atoms with van der Waals surface area (Å²) in [5, 5.41) is 4.83. The van der Waals surface area contributed by atoms with Crippen molar-refractivity contribution in [3.05, 3.63) is 82.7 Å². The topological polar surface area (TPSA) is 50.6 Å². The molecule has 0 fully saturated rings. The predicted octanol–water partition coefficient (Wildman–Crippen LogP) is 3.82. The molecular formula is C25H28F2N4O2. The van der Waals surface area contributed by atoms with E-state index in [0.29, 0.717) is 25.4 Å². The van der Waals surface area contributed by atoms with Crippen molar-refractivity contribution in [1.29, 1.82) is 0 Å². The number of rotatable bonds is 8. The van der Waals surface area contributed by atoms with E-state index >= 15 is 0 Å². The van der Waals surface area contributed by atoms with Gasteiger partial charge in [0.15, 0.2) is 0 Å². The molecule has 2 heterocycles. The number of fused-ring (bicyclic) bond motifs is 1. The first kappa shape index (κ1) is 23.1. The summed E-state index contributed by atoms with van der Waals surface area (Å²) >= 11 is 0. The van der Waals surface area contributed by atoms with Crippen molar-refractivity contribution in [2.45, 2.75) is 26.4 Å². The zero-order valence-corrected chi connectivity index (χ0v) is 18.9. The van der Waals surface area contributed by atoms with E-state index in [-0.39, 0.29) is 23.8 Å². The Kier molecular flexibility index (Phi) is 7.15. The van der Waals surface area contributed by atoms with E-state index in [4.69, 9.17) is 9.84 Å². The van der Waals surface area contributed by atoms with Crippen LogP contribution in [0.2, 0.25) is 0 Å². The third-order valence-corrected chi connectivity index (χ3v) is 5.98. The number of hydrogen-bond donors (Lipinski definition) is 0. The average Bonchev–Trinajstić information content (AvgIpc) is 3.18. The molecule has 0 aliphatic carbocycles. The Morgan fingerprint density at radius 1 is 1.15 bits per heavy atom. The first-order valence-corrected chi connectivity index (χ1v) is 11.1. The van der Waals surface area contributed by atoms with Crippen LogP contribution in [0.5, 0.6) is 0 Å². The van der Waals surface area contributed by atoms with Crippen LogP contribution in [0.3, 0.4) is 0 Å². The average molecular weight is 455 g/mol. The number of likely N-dealkylation sites (N-methyl/N-ethyl adjacent to an activating group) is 1. The minimum absolute atomic E-state index is 0.251. The van der Waals surface area contributed by atoms with E-state index < -0.39 is 5.82 Å². The fourth-order valence-electron chi connectivity index (χ4n) is 4.20. The van der Waals surface area contributed by atoms with Gasteiger partial charge in [0.1, 0.15) is 11.6 Å². The van der Waals surface area contributed by atoms with Gasteiger partial charge < -0.3 is 9.64 Å². The molecule has 0 unspecified atom stereocenters. The molecule has 2 aromatic carbocycles. The number of carbonyl (C=O) groups is 1. The zero-order chi connectivity index (χ0) is 23.4. The molecule has 0 bridgehead atoms. The van der Waals surface area contributed by atoms with Crippen molar-refractivity contribution < 1.29 is 18.3 Å². The van der Waals surface area contributed by atoms with Crippen LogP contribution in [-0.4, -0.2) is 58.8 Å². The number of amides is 1. The third kappa shape index (κ3) is 5.12. The molecule has 0 radical (unpaired) electrons. The van der Waals surface area contributed by atoms with Crippen molar-refractivity contribution >= 4 is 5.91 Å². The Bertz CT molecular complexity index is 1130. The largest absolute Gasteiger partial charge is 0.383 e. The lowest BCUT2D eigenvalue weighted by molar-refractivity contribution is 0.0676. The highest BCUT2D eigenvalue weighted by Gasteiger charge is 2.27. The Labute approximate surface area is 192 Å². The fourth-order valence-corrected chi connectivity index (χ4v) is 4.20. The number of methoxy groups -OCH3 is 1. The van der Waals surface area contributed by atoms with Crippen LogP contribution in [0.15, 0.2) is 48.5 Å². The van der Waals surface area contributed by atoms with Gasteiger partial charge in [0, 0.05) is 44.3 Å². The van der Waals surface area contributed by atoms with Gasteiger partial charge in [0.2, 0.25) is 0 Å². The molecule has 6 nitrogen and oxygen atoms in total. The molecule has 0 saturated heterocycles. The summed E-state index contributed by atoms with van der Waals surface area (Å²) < 4.78 is 34.7. The molecule has 4 rings (SSSR count). The molecule has 0 spiro atoms. The quantitative estimate of drug-likeness (QED) is 0.519. The fraction of sp³-hybridized carbons (Fsp3) is 0.360. The Balaban J connectivity index is 1.71. The summed E-state index contributed by atoms with van der Waals surface area (Å²) in [6.07, 6.45) is 0.780. The summed E-state index contributed by atoms with van der Waals surface area (Å²) in [6.45, 7) is 5.54.